The molecule has 1 aromatic heterocycles. The van der Waals surface area contributed by atoms with Gasteiger partial charge in [-0.05, 0) is 52.7 Å². The Morgan fingerprint density at radius 2 is 2.04 bits per heavy atom. The van der Waals surface area contributed by atoms with E-state index in [2.05, 4.69) is 21.9 Å². The van der Waals surface area contributed by atoms with Crippen LogP contribution in [-0.4, -0.2) is 23.4 Å². The van der Waals surface area contributed by atoms with Gasteiger partial charge >= 0.3 is 5.97 Å². The molecule has 0 radical (unpaired) electrons. The van der Waals surface area contributed by atoms with Crippen LogP contribution >= 0.6 is 15.9 Å². The van der Waals surface area contributed by atoms with Gasteiger partial charge in [-0.1, -0.05) is 5.92 Å². The van der Waals surface area contributed by atoms with Crippen LogP contribution in [0.15, 0.2) is 34.8 Å². The second-order valence-electron chi connectivity index (χ2n) is 5.33. The van der Waals surface area contributed by atoms with Gasteiger partial charge in [0.05, 0.1) is 13.0 Å². The van der Waals surface area contributed by atoms with E-state index in [1.165, 1.54) is 7.11 Å². The maximum absolute atomic E-state index is 12.8. The lowest BCUT2D eigenvalue weighted by atomic mass is 10.0. The number of terminal acetylenes is 1. The summed E-state index contributed by atoms with van der Waals surface area (Å²) >= 11 is 3.44. The minimum absolute atomic E-state index is 0.0998. The topological polar surface area (TPSA) is 48.3 Å². The molecule has 0 fully saturated rings. The SMILES string of the molecule is C#Cc1ccc(C(=O)c2c(Br)cc3n2CCC3C(=O)OC)cc1. The van der Waals surface area contributed by atoms with E-state index in [-0.39, 0.29) is 17.7 Å². The number of fused-ring (bicyclic) bond motifs is 1. The smallest absolute Gasteiger partial charge is 0.314 e. The summed E-state index contributed by atoms with van der Waals surface area (Å²) in [7, 11) is 1.38. The predicted molar refractivity (Wildman–Crippen MR) is 89.3 cm³/mol. The first kappa shape index (κ1) is 15.6. The summed E-state index contributed by atoms with van der Waals surface area (Å²) in [6.45, 7) is 0.615. The molecule has 0 aliphatic carbocycles. The van der Waals surface area contributed by atoms with E-state index in [1.54, 1.807) is 24.3 Å². The number of hydrogen-bond acceptors (Lipinski definition) is 3. The number of aromatic nitrogens is 1. The van der Waals surface area contributed by atoms with E-state index in [1.807, 2.05) is 10.6 Å². The number of nitrogens with zero attached hydrogens (tertiary/aromatic N) is 1. The van der Waals surface area contributed by atoms with Gasteiger partial charge in [-0.15, -0.1) is 6.42 Å². The van der Waals surface area contributed by atoms with Crippen LogP contribution in [0, 0.1) is 12.3 Å². The second-order valence-corrected chi connectivity index (χ2v) is 6.19. The minimum atomic E-state index is -0.318. The van der Waals surface area contributed by atoms with Crippen LogP contribution in [0.5, 0.6) is 0 Å². The maximum Gasteiger partial charge on any atom is 0.314 e. The van der Waals surface area contributed by atoms with Crippen molar-refractivity contribution in [3.05, 3.63) is 57.3 Å². The Morgan fingerprint density at radius 3 is 2.65 bits per heavy atom. The number of carbonyl (C=O) groups excluding carboxylic acids is 2. The molecule has 1 aliphatic rings. The fourth-order valence-corrected chi connectivity index (χ4v) is 3.56. The predicted octanol–water partition coefficient (Wildman–Crippen LogP) is 3.12. The second kappa shape index (κ2) is 6.05. The van der Waals surface area contributed by atoms with E-state index in [0.717, 1.165) is 11.3 Å². The summed E-state index contributed by atoms with van der Waals surface area (Å²) in [5.41, 5.74) is 2.66. The zero-order valence-corrected chi connectivity index (χ0v) is 14.1. The first-order valence-electron chi connectivity index (χ1n) is 7.15. The molecule has 0 amide bonds. The number of ketones is 1. The van der Waals surface area contributed by atoms with Crippen molar-refractivity contribution >= 4 is 27.7 Å². The molecule has 4 nitrogen and oxygen atoms in total. The zero-order chi connectivity index (χ0) is 16.6. The summed E-state index contributed by atoms with van der Waals surface area (Å²) in [4.78, 5) is 24.7. The lowest BCUT2D eigenvalue weighted by Crippen LogP contribution is -2.12. The Hall–Kier alpha value is -2.32. The number of carbonyl (C=O) groups is 2. The molecule has 1 atom stereocenters. The highest BCUT2D eigenvalue weighted by atomic mass is 79.9. The van der Waals surface area contributed by atoms with Gasteiger partial charge in [0.1, 0.15) is 5.69 Å². The van der Waals surface area contributed by atoms with Crippen LogP contribution in [0.3, 0.4) is 0 Å². The molecule has 1 aliphatic heterocycles. The quantitative estimate of drug-likeness (QED) is 0.473. The van der Waals surface area contributed by atoms with Crippen molar-refractivity contribution in [3.8, 4) is 12.3 Å². The number of methoxy groups -OCH3 is 1. The van der Waals surface area contributed by atoms with Crippen molar-refractivity contribution < 1.29 is 14.3 Å². The number of hydrogen-bond donors (Lipinski definition) is 0. The molecule has 5 heteroatoms. The van der Waals surface area contributed by atoms with Crippen LogP contribution in [0.2, 0.25) is 0 Å². The standard InChI is InChI=1S/C18H14BrNO3/c1-3-11-4-6-12(7-5-11)17(21)16-14(19)10-15-13(18(22)23-2)8-9-20(15)16/h1,4-7,10,13H,8-9H2,2H3. The molecule has 1 unspecified atom stereocenters. The molecule has 0 spiro atoms. The molecule has 0 N–H and O–H groups in total. The van der Waals surface area contributed by atoms with Crippen molar-refractivity contribution in [3.63, 3.8) is 0 Å². The Balaban J connectivity index is 2.00. The third-order valence-corrected chi connectivity index (χ3v) is 4.70. The van der Waals surface area contributed by atoms with Gasteiger partial charge < -0.3 is 9.30 Å². The molecule has 0 bridgehead atoms. The third kappa shape index (κ3) is 2.60. The molecule has 2 aromatic rings. The molecule has 116 valence electrons. The fraction of sp³-hybridized carbons (Fsp3) is 0.222. The number of rotatable bonds is 3. The van der Waals surface area contributed by atoms with Crippen LogP contribution in [0.4, 0.5) is 0 Å². The Bertz CT molecular complexity index is 827. The lowest BCUT2D eigenvalue weighted by molar-refractivity contribution is -0.142. The molecule has 0 saturated heterocycles. The average molecular weight is 372 g/mol. The van der Waals surface area contributed by atoms with Crippen LogP contribution in [0.1, 0.15) is 39.6 Å². The van der Waals surface area contributed by atoms with Gasteiger partial charge in [0.15, 0.2) is 0 Å². The van der Waals surface area contributed by atoms with E-state index < -0.39 is 0 Å². The number of halogens is 1. The highest BCUT2D eigenvalue weighted by Crippen LogP contribution is 2.36. The minimum Gasteiger partial charge on any atom is -0.469 e. The first-order valence-corrected chi connectivity index (χ1v) is 7.94. The van der Waals surface area contributed by atoms with Gasteiger partial charge in [-0.2, -0.15) is 0 Å². The van der Waals surface area contributed by atoms with Gasteiger partial charge in [0.25, 0.3) is 0 Å². The molecule has 0 saturated carbocycles. The van der Waals surface area contributed by atoms with Gasteiger partial charge in [-0.3, -0.25) is 9.59 Å². The van der Waals surface area contributed by atoms with Crippen LogP contribution in [0.25, 0.3) is 0 Å². The highest BCUT2D eigenvalue weighted by Gasteiger charge is 2.34. The summed E-state index contributed by atoms with van der Waals surface area (Å²) < 4.78 is 7.42. The van der Waals surface area contributed by atoms with Gasteiger partial charge in [0, 0.05) is 27.8 Å². The third-order valence-electron chi connectivity index (χ3n) is 4.10. The summed E-state index contributed by atoms with van der Waals surface area (Å²) in [6.07, 6.45) is 5.98. The average Bonchev–Trinajstić information content (AvgIpc) is 3.11. The van der Waals surface area contributed by atoms with Crippen molar-refractivity contribution in [2.45, 2.75) is 18.9 Å². The largest absolute Gasteiger partial charge is 0.469 e. The van der Waals surface area contributed by atoms with Crippen molar-refractivity contribution in [2.24, 2.45) is 0 Å². The normalized spacial score (nSPS) is 15.8. The van der Waals surface area contributed by atoms with Gasteiger partial charge in [0.2, 0.25) is 5.78 Å². The molecule has 3 rings (SSSR count). The van der Waals surface area contributed by atoms with Crippen molar-refractivity contribution in [1.82, 2.24) is 4.57 Å². The number of benzene rings is 1. The number of ether oxygens (including phenoxy) is 1. The zero-order valence-electron chi connectivity index (χ0n) is 12.5. The van der Waals surface area contributed by atoms with E-state index in [0.29, 0.717) is 28.7 Å². The van der Waals surface area contributed by atoms with Crippen molar-refractivity contribution in [1.29, 1.82) is 0 Å². The Kier molecular flexibility index (Phi) is 4.10. The summed E-state index contributed by atoms with van der Waals surface area (Å²) in [6, 6.07) is 8.75. The first-order chi connectivity index (χ1) is 11.1. The lowest BCUT2D eigenvalue weighted by Gasteiger charge is -2.07. The van der Waals surface area contributed by atoms with Crippen molar-refractivity contribution in [2.75, 3.05) is 7.11 Å². The van der Waals surface area contributed by atoms with E-state index in [4.69, 9.17) is 11.2 Å². The molecular weight excluding hydrogens is 358 g/mol. The summed E-state index contributed by atoms with van der Waals surface area (Å²) in [5.74, 6) is 1.84. The Labute approximate surface area is 142 Å². The van der Waals surface area contributed by atoms with E-state index in [9.17, 15) is 9.59 Å². The van der Waals surface area contributed by atoms with E-state index >= 15 is 0 Å². The molecule has 23 heavy (non-hydrogen) atoms. The van der Waals surface area contributed by atoms with Crippen LogP contribution in [-0.2, 0) is 16.1 Å². The van der Waals surface area contributed by atoms with Gasteiger partial charge in [-0.25, -0.2) is 0 Å². The molecule has 2 heterocycles. The number of esters is 1. The monoisotopic (exact) mass is 371 g/mol. The Morgan fingerprint density at radius 1 is 1.35 bits per heavy atom. The van der Waals surface area contributed by atoms with Crippen LogP contribution < -0.4 is 0 Å². The molecular formula is C18H14BrNO3. The fourth-order valence-electron chi connectivity index (χ4n) is 2.94. The molecule has 1 aromatic carbocycles. The summed E-state index contributed by atoms with van der Waals surface area (Å²) in [5, 5.41) is 0. The highest BCUT2D eigenvalue weighted by molar-refractivity contribution is 9.10. The maximum atomic E-state index is 12.8.